The number of fused-ring (bicyclic) bond motifs is 13. The van der Waals surface area contributed by atoms with Crippen molar-refractivity contribution in [2.75, 3.05) is 0 Å². The summed E-state index contributed by atoms with van der Waals surface area (Å²) in [5, 5.41) is 2.45. The smallest absolute Gasteiger partial charge is 0.164 e. The fourth-order valence-corrected chi connectivity index (χ4v) is 9.73. The van der Waals surface area contributed by atoms with Gasteiger partial charge in [-0.1, -0.05) is 176 Å². The lowest BCUT2D eigenvalue weighted by molar-refractivity contribution is 0.775. The van der Waals surface area contributed by atoms with Crippen molar-refractivity contribution >= 4 is 10.8 Å². The molecular formula is C55H34N4. The number of rotatable bonds is 4. The summed E-state index contributed by atoms with van der Waals surface area (Å²) in [6.07, 6.45) is 3.57. The standard InChI is InChI=1S/C55H34N4/c1-2-14-40-35(12-1)13-11-20-41(40)36-24-26-37(27-25-36)52-57-53(38-30-32-56-33-31-38)59-54(58-52)39-28-29-51-47(34-39)43-16-4-3-15-42(43)44-17-5-8-21-48(44)55(51)49-22-9-6-18-45(49)46-19-7-10-23-50(46)55/h1-34H. The first-order valence-corrected chi connectivity index (χ1v) is 20.0. The maximum Gasteiger partial charge on any atom is 0.164 e. The topological polar surface area (TPSA) is 51.6 Å². The Hall–Kier alpha value is -7.82. The number of benzene rings is 8. The normalized spacial score (nSPS) is 12.9. The molecule has 12 rings (SSSR count). The third kappa shape index (κ3) is 5.03. The average molecular weight is 751 g/mol. The Balaban J connectivity index is 1.08. The molecule has 0 radical (unpaired) electrons. The van der Waals surface area contributed by atoms with E-state index in [1.165, 1.54) is 66.4 Å². The van der Waals surface area contributed by atoms with Crippen LogP contribution < -0.4 is 0 Å². The summed E-state index contributed by atoms with van der Waals surface area (Å²) < 4.78 is 0. The second-order valence-electron chi connectivity index (χ2n) is 15.3. The molecule has 10 aromatic rings. The van der Waals surface area contributed by atoms with Crippen LogP contribution in [0.1, 0.15) is 22.3 Å². The van der Waals surface area contributed by atoms with Gasteiger partial charge in [-0.25, -0.2) is 15.0 Å². The monoisotopic (exact) mass is 750 g/mol. The first-order chi connectivity index (χ1) is 29.3. The van der Waals surface area contributed by atoms with Crippen LogP contribution in [0, 0.1) is 0 Å². The Morgan fingerprint density at radius 2 is 0.712 bits per heavy atom. The van der Waals surface area contributed by atoms with Crippen LogP contribution in [-0.4, -0.2) is 19.9 Å². The summed E-state index contributed by atoms with van der Waals surface area (Å²) in [6, 6.07) is 70.0. The van der Waals surface area contributed by atoms with Gasteiger partial charge in [-0.05, 0) is 95.7 Å². The molecule has 2 aliphatic rings. The van der Waals surface area contributed by atoms with E-state index in [0.717, 1.165) is 27.8 Å². The molecule has 0 atom stereocenters. The number of pyridine rings is 1. The Kier molecular flexibility index (Phi) is 7.41. The van der Waals surface area contributed by atoms with E-state index in [9.17, 15) is 0 Å². The molecular weight excluding hydrogens is 717 g/mol. The van der Waals surface area contributed by atoms with E-state index in [-0.39, 0.29) is 0 Å². The van der Waals surface area contributed by atoms with Gasteiger partial charge < -0.3 is 0 Å². The molecule has 0 unspecified atom stereocenters. The molecule has 0 saturated carbocycles. The largest absolute Gasteiger partial charge is 0.265 e. The average Bonchev–Trinajstić information content (AvgIpc) is 3.56. The zero-order chi connectivity index (χ0) is 38.9. The molecule has 1 spiro atoms. The lowest BCUT2D eigenvalue weighted by atomic mass is 9.66. The van der Waals surface area contributed by atoms with Crippen LogP contribution in [0.4, 0.5) is 0 Å². The van der Waals surface area contributed by atoms with Crippen LogP contribution in [0.2, 0.25) is 0 Å². The number of hydrogen-bond donors (Lipinski definition) is 0. The lowest BCUT2D eigenvalue weighted by Gasteiger charge is -2.35. The van der Waals surface area contributed by atoms with Gasteiger partial charge in [0.2, 0.25) is 0 Å². The van der Waals surface area contributed by atoms with Crippen molar-refractivity contribution in [3.63, 3.8) is 0 Å². The molecule has 59 heavy (non-hydrogen) atoms. The van der Waals surface area contributed by atoms with E-state index < -0.39 is 5.41 Å². The van der Waals surface area contributed by atoms with Crippen LogP contribution >= 0.6 is 0 Å². The van der Waals surface area contributed by atoms with Crippen LogP contribution in [0.3, 0.4) is 0 Å². The Labute approximate surface area is 342 Å². The molecule has 4 nitrogen and oxygen atoms in total. The van der Waals surface area contributed by atoms with Crippen molar-refractivity contribution in [2.24, 2.45) is 0 Å². The van der Waals surface area contributed by atoms with E-state index >= 15 is 0 Å². The van der Waals surface area contributed by atoms with E-state index in [1.807, 2.05) is 12.1 Å². The maximum atomic E-state index is 5.24. The minimum absolute atomic E-state index is 0.547. The van der Waals surface area contributed by atoms with Crippen LogP contribution in [0.25, 0.3) is 89.4 Å². The highest BCUT2D eigenvalue weighted by molar-refractivity contribution is 5.99. The van der Waals surface area contributed by atoms with Crippen molar-refractivity contribution in [3.05, 3.63) is 229 Å². The first-order valence-electron chi connectivity index (χ1n) is 20.0. The summed E-state index contributed by atoms with van der Waals surface area (Å²) in [5.41, 5.74) is 17.0. The molecule has 0 fully saturated rings. The molecule has 0 N–H and O–H groups in total. The second-order valence-corrected chi connectivity index (χ2v) is 15.3. The molecule has 0 saturated heterocycles. The van der Waals surface area contributed by atoms with Gasteiger partial charge in [0.1, 0.15) is 0 Å². The first kappa shape index (κ1) is 33.3. The number of hydrogen-bond acceptors (Lipinski definition) is 4. The van der Waals surface area contributed by atoms with Crippen molar-refractivity contribution in [3.8, 4) is 78.7 Å². The van der Waals surface area contributed by atoms with Gasteiger partial charge in [-0.2, -0.15) is 0 Å². The maximum absolute atomic E-state index is 5.24. The van der Waals surface area contributed by atoms with Gasteiger partial charge in [0, 0.05) is 29.1 Å². The second kappa shape index (κ2) is 13.1. The van der Waals surface area contributed by atoms with Gasteiger partial charge in [0.25, 0.3) is 0 Å². The third-order valence-electron chi connectivity index (χ3n) is 12.3. The zero-order valence-electron chi connectivity index (χ0n) is 31.9. The van der Waals surface area contributed by atoms with Crippen molar-refractivity contribution in [1.29, 1.82) is 0 Å². The van der Waals surface area contributed by atoms with Crippen LogP contribution in [0.15, 0.2) is 207 Å². The molecule has 8 aromatic carbocycles. The molecule has 2 aromatic heterocycles. The predicted molar refractivity (Wildman–Crippen MR) is 239 cm³/mol. The minimum Gasteiger partial charge on any atom is -0.265 e. The van der Waals surface area contributed by atoms with Gasteiger partial charge in [0.15, 0.2) is 17.5 Å². The SMILES string of the molecule is c1ccc2c(c1)-c1ccccc1C1(c3ccc(-c4nc(-c5ccncc5)nc(-c5ccc(-c6cccc7ccccc67)cc5)n4)cc3-2)c2ccccc2-c2ccccc21. The van der Waals surface area contributed by atoms with Gasteiger partial charge in [-0.15, -0.1) is 0 Å². The molecule has 4 heteroatoms. The predicted octanol–water partition coefficient (Wildman–Crippen LogP) is 13.1. The minimum atomic E-state index is -0.547. The Morgan fingerprint density at radius 3 is 1.36 bits per heavy atom. The number of nitrogens with zero attached hydrogens (tertiary/aromatic N) is 4. The van der Waals surface area contributed by atoms with Gasteiger partial charge in [0.05, 0.1) is 5.41 Å². The zero-order valence-corrected chi connectivity index (χ0v) is 31.9. The van der Waals surface area contributed by atoms with Crippen molar-refractivity contribution < 1.29 is 0 Å². The van der Waals surface area contributed by atoms with Crippen LogP contribution in [0.5, 0.6) is 0 Å². The van der Waals surface area contributed by atoms with Gasteiger partial charge in [-0.3, -0.25) is 4.98 Å². The fourth-order valence-electron chi connectivity index (χ4n) is 9.73. The molecule has 2 heterocycles. The summed E-state index contributed by atoms with van der Waals surface area (Å²) in [5.74, 6) is 1.83. The van der Waals surface area contributed by atoms with E-state index in [0.29, 0.717) is 17.5 Å². The highest BCUT2D eigenvalue weighted by Gasteiger charge is 2.49. The molecule has 0 amide bonds. The fraction of sp³-hybridized carbons (Fsp3) is 0.0182. The van der Waals surface area contributed by atoms with Gasteiger partial charge >= 0.3 is 0 Å². The lowest BCUT2D eigenvalue weighted by Crippen LogP contribution is -2.29. The highest BCUT2D eigenvalue weighted by atomic mass is 15.0. The van der Waals surface area contributed by atoms with E-state index in [1.54, 1.807) is 12.4 Å². The van der Waals surface area contributed by atoms with Crippen LogP contribution in [-0.2, 0) is 5.41 Å². The Morgan fingerprint density at radius 1 is 0.288 bits per heavy atom. The highest BCUT2D eigenvalue weighted by Crippen LogP contribution is 2.61. The number of aromatic nitrogens is 4. The molecule has 2 aliphatic carbocycles. The quantitative estimate of drug-likeness (QED) is 0.180. The third-order valence-corrected chi connectivity index (χ3v) is 12.3. The molecule has 0 bridgehead atoms. The molecule has 0 aliphatic heterocycles. The van der Waals surface area contributed by atoms with Crippen molar-refractivity contribution in [2.45, 2.75) is 5.41 Å². The molecule has 274 valence electrons. The van der Waals surface area contributed by atoms with Crippen molar-refractivity contribution in [1.82, 2.24) is 19.9 Å². The summed E-state index contributed by atoms with van der Waals surface area (Å²) in [7, 11) is 0. The Bertz CT molecular complexity index is 3230. The summed E-state index contributed by atoms with van der Waals surface area (Å²) in [6.45, 7) is 0. The summed E-state index contributed by atoms with van der Waals surface area (Å²) in [4.78, 5) is 19.8. The van der Waals surface area contributed by atoms with E-state index in [2.05, 4.69) is 187 Å². The van der Waals surface area contributed by atoms with E-state index in [4.69, 9.17) is 15.0 Å². The summed E-state index contributed by atoms with van der Waals surface area (Å²) >= 11 is 0.